The third-order valence-corrected chi connectivity index (χ3v) is 4.15. The standard InChI is InChI=1S/C14H18FN3O6.Li/c1-7-4-9-5-17(14(22)18(9)24-11(15)13(20)21)10(7)12(19)16-23-6-8-2-3-8;/h4,8-11H,2-3,5-6H2,1H3,(H,16,19)(H,20,21);/q;+1/p-1/t9-,10+,11-;/m1./s1. The van der Waals surface area contributed by atoms with E-state index in [2.05, 4.69) is 10.3 Å². The number of carbonyl (C=O) groups excluding carboxylic acids is 3. The molecule has 1 saturated carbocycles. The fourth-order valence-electron chi connectivity index (χ4n) is 2.78. The second-order valence-corrected chi connectivity index (χ2v) is 6.10. The van der Waals surface area contributed by atoms with Crippen LogP contribution in [0.4, 0.5) is 9.18 Å². The molecule has 2 heterocycles. The molecule has 3 rings (SSSR count). The van der Waals surface area contributed by atoms with E-state index in [0.29, 0.717) is 23.2 Å². The molecule has 9 nitrogen and oxygen atoms in total. The molecule has 0 aromatic heterocycles. The summed E-state index contributed by atoms with van der Waals surface area (Å²) in [7, 11) is 0. The number of amides is 3. The number of hydroxylamine groups is 3. The number of nitrogens with one attached hydrogen (secondary N) is 1. The molecule has 2 bridgehead atoms. The molecular weight excluding hydrogens is 332 g/mol. The molecule has 3 atom stereocenters. The van der Waals surface area contributed by atoms with Gasteiger partial charge in [-0.25, -0.2) is 19.5 Å². The predicted molar refractivity (Wildman–Crippen MR) is 73.1 cm³/mol. The number of aliphatic carboxylic acids is 1. The summed E-state index contributed by atoms with van der Waals surface area (Å²) in [6.07, 6.45) is 0.936. The van der Waals surface area contributed by atoms with Gasteiger partial charge in [-0.2, -0.15) is 5.06 Å². The molecule has 2 fully saturated rings. The van der Waals surface area contributed by atoms with Crippen LogP contribution in [-0.4, -0.2) is 59.5 Å². The Morgan fingerprint density at radius 2 is 2.16 bits per heavy atom. The molecule has 3 aliphatic rings. The number of fused-ring (bicyclic) bond motifs is 2. The largest absolute Gasteiger partial charge is 1.00 e. The fourth-order valence-corrected chi connectivity index (χ4v) is 2.78. The van der Waals surface area contributed by atoms with Gasteiger partial charge in [0.15, 0.2) is 0 Å². The summed E-state index contributed by atoms with van der Waals surface area (Å²) in [5.74, 6) is -2.14. The molecule has 11 heteroatoms. The van der Waals surface area contributed by atoms with Gasteiger partial charge < -0.3 is 14.8 Å². The van der Waals surface area contributed by atoms with E-state index in [9.17, 15) is 23.9 Å². The van der Waals surface area contributed by atoms with E-state index < -0.39 is 36.3 Å². The van der Waals surface area contributed by atoms with Crippen LogP contribution in [0.2, 0.25) is 0 Å². The third kappa shape index (κ3) is 4.15. The number of alkyl halides is 1. The Kier molecular flexibility index (Phi) is 6.11. The van der Waals surface area contributed by atoms with Crippen molar-refractivity contribution in [1.82, 2.24) is 15.4 Å². The van der Waals surface area contributed by atoms with Gasteiger partial charge in [-0.15, -0.1) is 0 Å². The van der Waals surface area contributed by atoms with Gasteiger partial charge in [0.25, 0.3) is 12.3 Å². The quantitative estimate of drug-likeness (QED) is 0.284. The van der Waals surface area contributed by atoms with Gasteiger partial charge in [-0.05, 0) is 31.3 Å². The first kappa shape index (κ1) is 19.7. The van der Waals surface area contributed by atoms with Gasteiger partial charge in [-0.3, -0.25) is 9.63 Å². The van der Waals surface area contributed by atoms with Crippen molar-refractivity contribution >= 4 is 17.9 Å². The van der Waals surface area contributed by atoms with Gasteiger partial charge in [-0.1, -0.05) is 6.08 Å². The van der Waals surface area contributed by atoms with Crippen molar-refractivity contribution in [2.24, 2.45) is 5.92 Å². The first-order valence-electron chi connectivity index (χ1n) is 7.60. The summed E-state index contributed by atoms with van der Waals surface area (Å²) in [4.78, 5) is 45.8. The van der Waals surface area contributed by atoms with Crippen LogP contribution in [0.1, 0.15) is 19.8 Å². The molecule has 3 amide bonds. The number of hydrogen-bond donors (Lipinski definition) is 1. The number of rotatable bonds is 7. The van der Waals surface area contributed by atoms with Gasteiger partial charge >= 0.3 is 24.9 Å². The van der Waals surface area contributed by atoms with E-state index in [1.807, 2.05) is 0 Å². The van der Waals surface area contributed by atoms with E-state index in [4.69, 9.17) is 4.84 Å². The third-order valence-electron chi connectivity index (χ3n) is 4.15. The number of urea groups is 1. The predicted octanol–water partition coefficient (Wildman–Crippen LogP) is -4.14. The first-order chi connectivity index (χ1) is 11.4. The number of hydrogen-bond acceptors (Lipinski definition) is 6. The molecule has 2 aliphatic heterocycles. The zero-order valence-electron chi connectivity index (χ0n) is 13.9. The molecule has 0 radical (unpaired) electrons. The molecule has 0 unspecified atom stereocenters. The van der Waals surface area contributed by atoms with Gasteiger partial charge in [0.2, 0.25) is 0 Å². The molecule has 1 saturated heterocycles. The topological polar surface area (TPSA) is 111 Å². The van der Waals surface area contributed by atoms with Gasteiger partial charge in [0, 0.05) is 0 Å². The van der Waals surface area contributed by atoms with Crippen molar-refractivity contribution in [3.05, 3.63) is 11.6 Å². The number of carboxylic acid groups (broad SMARTS) is 1. The van der Waals surface area contributed by atoms with Crippen molar-refractivity contribution in [3.63, 3.8) is 0 Å². The Balaban J connectivity index is 0.00000225. The summed E-state index contributed by atoms with van der Waals surface area (Å²) in [5, 5.41) is 11.1. The summed E-state index contributed by atoms with van der Waals surface area (Å²) in [5.41, 5.74) is 2.88. The van der Waals surface area contributed by atoms with Crippen molar-refractivity contribution in [1.29, 1.82) is 0 Å². The van der Waals surface area contributed by atoms with Crippen LogP contribution in [0.25, 0.3) is 0 Å². The van der Waals surface area contributed by atoms with Crippen molar-refractivity contribution in [2.45, 2.75) is 38.2 Å². The van der Waals surface area contributed by atoms with Crippen LogP contribution in [0, 0.1) is 5.92 Å². The van der Waals surface area contributed by atoms with E-state index in [-0.39, 0.29) is 25.4 Å². The van der Waals surface area contributed by atoms with Gasteiger partial charge in [0.05, 0.1) is 19.2 Å². The molecule has 132 valence electrons. The molecular formula is C14H17FLiN3O6. The van der Waals surface area contributed by atoms with Crippen LogP contribution >= 0.6 is 0 Å². The van der Waals surface area contributed by atoms with Crippen molar-refractivity contribution < 1.29 is 52.4 Å². The molecule has 25 heavy (non-hydrogen) atoms. The number of carboxylic acids is 1. The molecule has 1 aliphatic carbocycles. The smallest absolute Gasteiger partial charge is 0.544 e. The summed E-state index contributed by atoms with van der Waals surface area (Å²) in [6.45, 7) is 2.14. The molecule has 0 aromatic rings. The summed E-state index contributed by atoms with van der Waals surface area (Å²) < 4.78 is 13.2. The Bertz CT molecular complexity index is 599. The number of carbonyl (C=O) groups is 3. The Morgan fingerprint density at radius 1 is 1.48 bits per heavy atom. The molecule has 0 aromatic carbocycles. The maximum atomic E-state index is 13.2. The van der Waals surface area contributed by atoms with Crippen molar-refractivity contribution in [3.8, 4) is 0 Å². The van der Waals surface area contributed by atoms with Crippen molar-refractivity contribution in [2.75, 3.05) is 13.2 Å². The summed E-state index contributed by atoms with van der Waals surface area (Å²) in [6, 6.07) is -2.38. The monoisotopic (exact) mass is 349 g/mol. The zero-order valence-corrected chi connectivity index (χ0v) is 13.9. The zero-order chi connectivity index (χ0) is 17.4. The van der Waals surface area contributed by atoms with E-state index in [1.54, 1.807) is 13.0 Å². The maximum absolute atomic E-state index is 13.2. The Morgan fingerprint density at radius 3 is 2.76 bits per heavy atom. The van der Waals surface area contributed by atoms with Crippen LogP contribution in [-0.2, 0) is 19.3 Å². The van der Waals surface area contributed by atoms with Crippen LogP contribution in [0.5, 0.6) is 0 Å². The SMILES string of the molecule is CC1=C[C@@H]2CN(C(=O)N2O[C@@H](F)C(=O)[O-])[C@@H]1C(=O)NOCC1CC1.[Li+]. The molecule has 1 N–H and O–H groups in total. The Hall–Kier alpha value is -1.60. The second-order valence-electron chi connectivity index (χ2n) is 6.10. The van der Waals surface area contributed by atoms with E-state index in [0.717, 1.165) is 12.8 Å². The number of halogens is 1. The fraction of sp³-hybridized carbons (Fsp3) is 0.643. The van der Waals surface area contributed by atoms with Crippen LogP contribution in [0.3, 0.4) is 0 Å². The average molecular weight is 349 g/mol. The normalized spacial score (nSPS) is 26.0. The summed E-state index contributed by atoms with van der Waals surface area (Å²) >= 11 is 0. The van der Waals surface area contributed by atoms with E-state index in [1.165, 1.54) is 4.90 Å². The number of nitrogens with zero attached hydrogens (tertiary/aromatic N) is 2. The maximum Gasteiger partial charge on any atom is 1.00 e. The Labute approximate surface area is 155 Å². The minimum atomic E-state index is -2.77. The minimum Gasteiger partial charge on any atom is -0.544 e. The molecule has 0 spiro atoms. The second kappa shape index (κ2) is 7.74. The average Bonchev–Trinajstić information content (AvgIpc) is 3.31. The first-order valence-corrected chi connectivity index (χ1v) is 7.60. The van der Waals surface area contributed by atoms with Crippen LogP contribution < -0.4 is 29.4 Å². The van der Waals surface area contributed by atoms with Gasteiger partial charge in [0.1, 0.15) is 12.0 Å². The van der Waals surface area contributed by atoms with E-state index >= 15 is 0 Å². The minimum absolute atomic E-state index is 0. The van der Waals surface area contributed by atoms with Crippen LogP contribution in [0.15, 0.2) is 11.6 Å².